The molecule has 2 heterocycles. The number of nitrogens with two attached hydrogens (primary N) is 1. The number of carbonyl (C=O) groups is 1. The van der Waals surface area contributed by atoms with Gasteiger partial charge in [0.2, 0.25) is 11.8 Å². The van der Waals surface area contributed by atoms with Crippen molar-refractivity contribution in [2.45, 2.75) is 38.8 Å². The average Bonchev–Trinajstić information content (AvgIpc) is 2.55. The van der Waals surface area contributed by atoms with E-state index in [1.807, 2.05) is 24.8 Å². The highest BCUT2D eigenvalue weighted by Crippen LogP contribution is 2.18. The summed E-state index contributed by atoms with van der Waals surface area (Å²) in [4.78, 5) is 18.1. The summed E-state index contributed by atoms with van der Waals surface area (Å²) in [5.41, 5.74) is 6.43. The predicted molar refractivity (Wildman–Crippen MR) is 96.5 cm³/mol. The van der Waals surface area contributed by atoms with Crippen LogP contribution in [0.3, 0.4) is 0 Å². The number of carbonyl (C=O) groups excluding carboxylic acids is 1. The fourth-order valence-corrected chi connectivity index (χ4v) is 2.38. The molecule has 0 bridgehead atoms. The maximum Gasteiger partial charge on any atom is 0.239 e. The van der Waals surface area contributed by atoms with Crippen LogP contribution in [0, 0.1) is 17.2 Å². The Balaban J connectivity index is 0.00000264. The minimum atomic E-state index is -0.433. The molecule has 0 unspecified atom stereocenters. The normalized spacial score (nSPS) is 15.7. The topological polar surface area (TPSA) is 92.2 Å². The molecule has 1 fully saturated rings. The van der Waals surface area contributed by atoms with Gasteiger partial charge in [-0.2, -0.15) is 5.26 Å². The van der Waals surface area contributed by atoms with E-state index >= 15 is 0 Å². The largest absolute Gasteiger partial charge is 0.474 e. The fraction of sp³-hybridized carbons (Fsp3) is 0.562. The first-order valence-corrected chi connectivity index (χ1v) is 7.58. The number of rotatable bonds is 4. The van der Waals surface area contributed by atoms with E-state index in [0.29, 0.717) is 24.5 Å². The van der Waals surface area contributed by atoms with Crippen LogP contribution < -0.4 is 10.5 Å². The maximum atomic E-state index is 12.2. The zero-order valence-corrected chi connectivity index (χ0v) is 15.5. The molecule has 2 N–H and O–H groups in total. The van der Waals surface area contributed by atoms with Crippen molar-refractivity contribution in [1.82, 2.24) is 9.88 Å². The number of hydrogen-bond donors (Lipinski definition) is 1. The lowest BCUT2D eigenvalue weighted by Crippen LogP contribution is -2.50. The molecule has 1 aliphatic heterocycles. The van der Waals surface area contributed by atoms with Crippen molar-refractivity contribution in [3.05, 3.63) is 23.9 Å². The van der Waals surface area contributed by atoms with Crippen LogP contribution in [0.25, 0.3) is 0 Å². The first-order valence-electron chi connectivity index (χ1n) is 7.58. The lowest BCUT2D eigenvalue weighted by atomic mass is 10.0. The first-order chi connectivity index (χ1) is 10.5. The second-order valence-electron chi connectivity index (χ2n) is 5.91. The molecule has 24 heavy (non-hydrogen) atoms. The van der Waals surface area contributed by atoms with Gasteiger partial charge in [-0.15, -0.1) is 24.8 Å². The molecule has 0 aromatic carbocycles. The predicted octanol–water partition coefficient (Wildman–Crippen LogP) is 2.15. The van der Waals surface area contributed by atoms with E-state index in [-0.39, 0.29) is 42.7 Å². The number of aromatic nitrogens is 1. The standard InChI is InChI=1S/C16H22N4O2.2ClH/c1-11(2)15(18)16(21)20-7-5-13(6-8-20)22-14-4-3-12(9-17)10-19-14;;/h3-4,10-11,13,15H,5-8,18H2,1-2H3;2*1H/t15-;;/m1../s1. The van der Waals surface area contributed by atoms with E-state index in [1.54, 1.807) is 12.1 Å². The van der Waals surface area contributed by atoms with E-state index in [2.05, 4.69) is 4.98 Å². The van der Waals surface area contributed by atoms with Gasteiger partial charge in [-0.3, -0.25) is 4.79 Å². The number of likely N-dealkylation sites (tertiary alicyclic amines) is 1. The van der Waals surface area contributed by atoms with Gasteiger partial charge in [-0.05, 0) is 12.0 Å². The number of piperidine rings is 1. The molecule has 0 aliphatic carbocycles. The average molecular weight is 375 g/mol. The Bertz CT molecular complexity index is 552. The zero-order chi connectivity index (χ0) is 16.1. The van der Waals surface area contributed by atoms with Gasteiger partial charge in [0.15, 0.2) is 0 Å². The Labute approximate surface area is 155 Å². The quantitative estimate of drug-likeness (QED) is 0.871. The number of ether oxygens (including phenoxy) is 1. The molecule has 0 spiro atoms. The van der Waals surface area contributed by atoms with Gasteiger partial charge in [0.25, 0.3) is 0 Å². The molecule has 0 saturated carbocycles. The highest BCUT2D eigenvalue weighted by Gasteiger charge is 2.28. The minimum absolute atomic E-state index is 0. The molecule has 6 nitrogen and oxygen atoms in total. The third-order valence-corrected chi connectivity index (χ3v) is 3.91. The smallest absolute Gasteiger partial charge is 0.239 e. The van der Waals surface area contributed by atoms with Crippen LogP contribution >= 0.6 is 24.8 Å². The highest BCUT2D eigenvalue weighted by molar-refractivity contribution is 5.85. The SMILES string of the molecule is CC(C)[C@@H](N)C(=O)N1CCC(Oc2ccc(C#N)cn2)CC1.Cl.Cl. The van der Waals surface area contributed by atoms with Gasteiger partial charge in [0.05, 0.1) is 11.6 Å². The molecule has 134 valence electrons. The summed E-state index contributed by atoms with van der Waals surface area (Å²) in [5, 5.41) is 8.74. The van der Waals surface area contributed by atoms with Crippen LogP contribution in [-0.4, -0.2) is 41.0 Å². The van der Waals surface area contributed by atoms with Gasteiger partial charge in [-0.25, -0.2) is 4.98 Å². The van der Waals surface area contributed by atoms with Gasteiger partial charge in [0.1, 0.15) is 12.2 Å². The number of amides is 1. The first kappa shape index (κ1) is 22.4. The highest BCUT2D eigenvalue weighted by atomic mass is 35.5. The van der Waals surface area contributed by atoms with Crippen LogP contribution in [0.1, 0.15) is 32.3 Å². The van der Waals surface area contributed by atoms with E-state index in [1.165, 1.54) is 6.20 Å². The van der Waals surface area contributed by atoms with Gasteiger partial charge < -0.3 is 15.4 Å². The molecule has 1 aromatic heterocycles. The maximum absolute atomic E-state index is 12.2. The lowest BCUT2D eigenvalue weighted by molar-refractivity contribution is -0.135. The van der Waals surface area contributed by atoms with Crippen LogP contribution in [0.2, 0.25) is 0 Å². The van der Waals surface area contributed by atoms with E-state index in [9.17, 15) is 4.79 Å². The Morgan fingerprint density at radius 3 is 2.46 bits per heavy atom. The van der Waals surface area contributed by atoms with Crippen molar-refractivity contribution in [3.63, 3.8) is 0 Å². The van der Waals surface area contributed by atoms with E-state index < -0.39 is 6.04 Å². The number of nitriles is 1. The molecule has 1 aromatic rings. The van der Waals surface area contributed by atoms with Crippen LogP contribution in [0.15, 0.2) is 18.3 Å². The summed E-state index contributed by atoms with van der Waals surface area (Å²) in [6.45, 7) is 5.21. The second-order valence-corrected chi connectivity index (χ2v) is 5.91. The summed E-state index contributed by atoms with van der Waals surface area (Å²) in [5.74, 6) is 0.678. The Hall–Kier alpha value is -1.55. The van der Waals surface area contributed by atoms with Crippen molar-refractivity contribution in [1.29, 1.82) is 5.26 Å². The molecule has 1 saturated heterocycles. The minimum Gasteiger partial charge on any atom is -0.474 e. The van der Waals surface area contributed by atoms with E-state index in [4.69, 9.17) is 15.7 Å². The summed E-state index contributed by atoms with van der Waals surface area (Å²) in [6.07, 6.45) is 3.06. The van der Waals surface area contributed by atoms with Crippen LogP contribution in [0.5, 0.6) is 5.88 Å². The third kappa shape index (κ3) is 5.82. The number of pyridine rings is 1. The molecule has 2 rings (SSSR count). The number of nitrogens with zero attached hydrogens (tertiary/aromatic N) is 3. The van der Waals surface area contributed by atoms with Crippen molar-refractivity contribution in [2.75, 3.05) is 13.1 Å². The van der Waals surface area contributed by atoms with E-state index in [0.717, 1.165) is 12.8 Å². The Kier molecular flexibility index (Phi) is 9.67. The molecular weight excluding hydrogens is 351 g/mol. The summed E-state index contributed by atoms with van der Waals surface area (Å²) < 4.78 is 5.80. The van der Waals surface area contributed by atoms with Gasteiger partial charge in [0, 0.05) is 38.2 Å². The van der Waals surface area contributed by atoms with Crippen LogP contribution in [0.4, 0.5) is 0 Å². The summed E-state index contributed by atoms with van der Waals surface area (Å²) in [6, 6.07) is 4.97. The molecular formula is C16H24Cl2N4O2. The molecule has 1 aliphatic rings. The number of hydrogen-bond acceptors (Lipinski definition) is 5. The number of halogens is 2. The molecule has 0 radical (unpaired) electrons. The van der Waals surface area contributed by atoms with Crippen molar-refractivity contribution >= 4 is 30.7 Å². The third-order valence-electron chi connectivity index (χ3n) is 3.91. The van der Waals surface area contributed by atoms with Gasteiger partial charge in [-0.1, -0.05) is 13.8 Å². The van der Waals surface area contributed by atoms with Crippen molar-refractivity contribution in [2.24, 2.45) is 11.7 Å². The molecule has 1 atom stereocenters. The molecule has 1 amide bonds. The van der Waals surface area contributed by atoms with Crippen LogP contribution in [-0.2, 0) is 4.79 Å². The van der Waals surface area contributed by atoms with Gasteiger partial charge >= 0.3 is 0 Å². The van der Waals surface area contributed by atoms with Crippen molar-refractivity contribution < 1.29 is 9.53 Å². The molecule has 8 heteroatoms. The lowest BCUT2D eigenvalue weighted by Gasteiger charge is -2.34. The fourth-order valence-electron chi connectivity index (χ4n) is 2.38. The monoisotopic (exact) mass is 374 g/mol. The zero-order valence-electron chi connectivity index (χ0n) is 13.8. The Morgan fingerprint density at radius 1 is 1.38 bits per heavy atom. The van der Waals surface area contributed by atoms with Crippen molar-refractivity contribution in [3.8, 4) is 11.9 Å². The Morgan fingerprint density at radius 2 is 2.00 bits per heavy atom. The second kappa shape index (κ2) is 10.3. The summed E-state index contributed by atoms with van der Waals surface area (Å²) in [7, 11) is 0. The summed E-state index contributed by atoms with van der Waals surface area (Å²) >= 11 is 0.